The number of phosphoric ester groups is 2. The lowest BCUT2D eigenvalue weighted by molar-refractivity contribution is -0.161. The largest absolute Gasteiger partial charge is 0.472 e. The average Bonchev–Trinajstić information content (AvgIpc) is 2.89. The lowest BCUT2D eigenvalue weighted by Gasteiger charge is -2.21. The molecule has 0 aromatic rings. The van der Waals surface area contributed by atoms with E-state index >= 15 is 0 Å². The zero-order chi connectivity index (χ0) is 67.5. The summed E-state index contributed by atoms with van der Waals surface area (Å²) in [6.07, 6.45) is 63.4. The zero-order valence-electron chi connectivity index (χ0n) is 58.0. The van der Waals surface area contributed by atoms with Crippen LogP contribution in [0.3, 0.4) is 0 Å². The zero-order valence-corrected chi connectivity index (χ0v) is 59.8. The summed E-state index contributed by atoms with van der Waals surface area (Å²) < 4.78 is 68.2. The third kappa shape index (κ3) is 65.2. The Balaban J connectivity index is 5.32. The molecule has 19 heteroatoms. The van der Waals surface area contributed by atoms with Gasteiger partial charge in [0.15, 0.2) is 12.2 Å². The highest BCUT2D eigenvalue weighted by atomic mass is 31.2. The van der Waals surface area contributed by atoms with Gasteiger partial charge in [-0.1, -0.05) is 248 Å². The molecule has 0 saturated heterocycles. The van der Waals surface area contributed by atoms with Gasteiger partial charge in [0, 0.05) is 25.7 Å². The normalized spacial score (nSPS) is 14.5. The van der Waals surface area contributed by atoms with Crippen molar-refractivity contribution in [3.8, 4) is 0 Å². The monoisotopic (exact) mass is 1340 g/mol. The molecule has 5 atom stereocenters. The summed E-state index contributed by atoms with van der Waals surface area (Å²) in [6, 6.07) is 0. The van der Waals surface area contributed by atoms with E-state index in [0.717, 1.165) is 154 Å². The van der Waals surface area contributed by atoms with E-state index in [1.807, 2.05) is 0 Å². The highest BCUT2D eigenvalue weighted by molar-refractivity contribution is 7.47. The number of esters is 4. The fourth-order valence-corrected chi connectivity index (χ4v) is 11.2. The highest BCUT2D eigenvalue weighted by Gasteiger charge is 2.30. The summed E-state index contributed by atoms with van der Waals surface area (Å²) in [5, 5.41) is 10.6. The number of hydrogen-bond donors (Lipinski definition) is 3. The number of carbonyl (C=O) groups excluding carboxylic acids is 4. The van der Waals surface area contributed by atoms with Gasteiger partial charge in [-0.2, -0.15) is 0 Å². The summed E-state index contributed by atoms with van der Waals surface area (Å²) in [5.74, 6) is -2.20. The molecule has 0 aromatic carbocycles. The van der Waals surface area contributed by atoms with Gasteiger partial charge < -0.3 is 33.8 Å². The van der Waals surface area contributed by atoms with E-state index in [4.69, 9.17) is 37.0 Å². The van der Waals surface area contributed by atoms with Crippen LogP contribution in [0.25, 0.3) is 0 Å². The molecule has 0 spiro atoms. The van der Waals surface area contributed by atoms with E-state index < -0.39 is 97.5 Å². The number of hydrogen-bond acceptors (Lipinski definition) is 15. The minimum atomic E-state index is -4.97. The molecule has 17 nitrogen and oxygen atoms in total. The molecule has 0 aliphatic carbocycles. The van der Waals surface area contributed by atoms with E-state index in [2.05, 4.69) is 101 Å². The quantitative estimate of drug-likeness (QED) is 0.0169. The van der Waals surface area contributed by atoms with Gasteiger partial charge in [0.1, 0.15) is 19.3 Å². The standard InChI is InChI=1S/C73H130O17P2/c1-5-9-13-17-21-25-29-31-32-33-34-36-39-42-46-50-54-58-71(76)84-64-69(90-73(78)60-56-52-48-44-40-35-30-26-22-18-14-10-6-2)66-88-92(81,82)86-62-67(74)61-85-91(79,80)87-65-68(89-72(77)59-55-51-47-43-38-28-24-20-16-12-8-4)63-83-70(75)57-53-49-45-41-37-27-23-19-15-11-7-3/h9,13,19,21,23,25-26,30-32,34,36,67-69,74H,5-8,10-12,14-18,20,22,24,27-29,33,35,37-66H2,1-4H3,(H,79,80)(H,81,82)/b13-9-,23-19-,25-21-,30-26-,32-31-,36-34-. The second kappa shape index (κ2) is 66.1. The first-order valence-corrected chi connectivity index (χ1v) is 39.2. The van der Waals surface area contributed by atoms with Crippen molar-refractivity contribution in [1.82, 2.24) is 0 Å². The lowest BCUT2D eigenvalue weighted by Crippen LogP contribution is -2.30. The topological polar surface area (TPSA) is 237 Å². The molecule has 0 aliphatic rings. The van der Waals surface area contributed by atoms with E-state index in [1.165, 1.54) is 77.0 Å². The summed E-state index contributed by atoms with van der Waals surface area (Å²) in [6.45, 7) is 4.66. The van der Waals surface area contributed by atoms with Crippen molar-refractivity contribution in [1.29, 1.82) is 0 Å². The number of rotatable bonds is 68. The number of phosphoric acid groups is 2. The molecule has 0 bridgehead atoms. The third-order valence-electron chi connectivity index (χ3n) is 15.2. The van der Waals surface area contributed by atoms with Crippen molar-refractivity contribution in [3.05, 3.63) is 72.9 Å². The minimum absolute atomic E-state index is 0.0812. The van der Waals surface area contributed by atoms with Crippen molar-refractivity contribution in [3.63, 3.8) is 0 Å². The maximum Gasteiger partial charge on any atom is 0.472 e. The number of ether oxygens (including phenoxy) is 4. The summed E-state index contributed by atoms with van der Waals surface area (Å²) in [5.41, 5.74) is 0. The molecule has 534 valence electrons. The van der Waals surface area contributed by atoms with Crippen LogP contribution in [0.2, 0.25) is 0 Å². The smallest absolute Gasteiger partial charge is 0.462 e. The Hall–Kier alpha value is -3.50. The number of unbranched alkanes of at least 4 members (excludes halogenated alkanes) is 30. The molecule has 0 fully saturated rings. The number of carbonyl (C=O) groups is 4. The molecule has 0 heterocycles. The SMILES string of the molecule is CC/C=C\C/C=C\C/C=C\C/C=C\CCCCCCC(=O)OCC(COP(=O)(O)OCC(O)COP(=O)(O)OCC(COC(=O)CCCCCCC/C=C\CCCC)OC(=O)CCCCCCCCCCCCC)OC(=O)CCCCCCC/C=C\CCCCCC. The summed E-state index contributed by atoms with van der Waals surface area (Å²) in [7, 11) is -9.93. The van der Waals surface area contributed by atoms with Gasteiger partial charge in [-0.05, 0) is 109 Å². The predicted octanol–water partition coefficient (Wildman–Crippen LogP) is 20.1. The number of aliphatic hydroxyl groups excluding tert-OH is 1. The first-order valence-electron chi connectivity index (χ1n) is 36.2. The Labute approximate surface area is 558 Å². The van der Waals surface area contributed by atoms with Crippen LogP contribution in [0.15, 0.2) is 72.9 Å². The van der Waals surface area contributed by atoms with Crippen molar-refractivity contribution >= 4 is 39.5 Å². The highest BCUT2D eigenvalue weighted by Crippen LogP contribution is 2.45. The van der Waals surface area contributed by atoms with Gasteiger partial charge in [0.05, 0.1) is 26.4 Å². The van der Waals surface area contributed by atoms with Gasteiger partial charge in [0.2, 0.25) is 0 Å². The Morgan fingerprint density at radius 1 is 0.315 bits per heavy atom. The molecule has 92 heavy (non-hydrogen) atoms. The second-order valence-corrected chi connectivity index (χ2v) is 27.1. The predicted molar refractivity (Wildman–Crippen MR) is 372 cm³/mol. The van der Waals surface area contributed by atoms with E-state index in [-0.39, 0.29) is 25.7 Å². The van der Waals surface area contributed by atoms with Gasteiger partial charge >= 0.3 is 39.5 Å². The van der Waals surface area contributed by atoms with Crippen molar-refractivity contribution in [2.24, 2.45) is 0 Å². The van der Waals surface area contributed by atoms with E-state index in [1.54, 1.807) is 0 Å². The van der Waals surface area contributed by atoms with E-state index in [0.29, 0.717) is 25.7 Å². The van der Waals surface area contributed by atoms with E-state index in [9.17, 15) is 43.2 Å². The maximum atomic E-state index is 13.0. The maximum absolute atomic E-state index is 13.0. The van der Waals surface area contributed by atoms with Crippen LogP contribution < -0.4 is 0 Å². The van der Waals surface area contributed by atoms with Crippen LogP contribution in [0, 0.1) is 0 Å². The molecule has 0 rings (SSSR count). The van der Waals surface area contributed by atoms with Gasteiger partial charge in [-0.3, -0.25) is 37.3 Å². The molecule has 0 radical (unpaired) electrons. The number of aliphatic hydroxyl groups is 1. The van der Waals surface area contributed by atoms with Crippen LogP contribution in [-0.2, 0) is 65.4 Å². The van der Waals surface area contributed by atoms with Crippen LogP contribution in [-0.4, -0.2) is 96.7 Å². The second-order valence-electron chi connectivity index (χ2n) is 24.2. The molecular formula is C73H130O17P2. The first-order chi connectivity index (χ1) is 44.7. The Bertz CT molecular complexity index is 2040. The fourth-order valence-electron chi connectivity index (χ4n) is 9.60. The third-order valence-corrected chi connectivity index (χ3v) is 17.1. The van der Waals surface area contributed by atoms with Crippen molar-refractivity contribution < 1.29 is 80.2 Å². The molecule has 5 unspecified atom stereocenters. The van der Waals surface area contributed by atoms with Gasteiger partial charge in [-0.15, -0.1) is 0 Å². The van der Waals surface area contributed by atoms with Crippen molar-refractivity contribution in [2.45, 2.75) is 329 Å². The fraction of sp³-hybridized carbons (Fsp3) is 0.781. The summed E-state index contributed by atoms with van der Waals surface area (Å²) >= 11 is 0. The molecule has 3 N–H and O–H groups in total. The minimum Gasteiger partial charge on any atom is -0.462 e. The number of allylic oxidation sites excluding steroid dienone is 12. The van der Waals surface area contributed by atoms with Gasteiger partial charge in [-0.25, -0.2) is 9.13 Å². The summed E-state index contributed by atoms with van der Waals surface area (Å²) in [4.78, 5) is 72.5. The molecular weight excluding hydrogens is 1210 g/mol. The van der Waals surface area contributed by atoms with Crippen molar-refractivity contribution in [2.75, 3.05) is 39.6 Å². The molecule has 0 aliphatic heterocycles. The Morgan fingerprint density at radius 2 is 0.576 bits per heavy atom. The lowest BCUT2D eigenvalue weighted by atomic mass is 10.1. The molecule has 0 saturated carbocycles. The first kappa shape index (κ1) is 88.5. The molecule has 0 aromatic heterocycles. The van der Waals surface area contributed by atoms with Gasteiger partial charge in [0.25, 0.3) is 0 Å². The van der Waals surface area contributed by atoms with Crippen LogP contribution in [0.1, 0.15) is 310 Å². The van der Waals surface area contributed by atoms with Crippen LogP contribution in [0.5, 0.6) is 0 Å². The van der Waals surface area contributed by atoms with Crippen LogP contribution >= 0.6 is 15.6 Å². The molecule has 0 amide bonds. The van der Waals surface area contributed by atoms with Crippen LogP contribution in [0.4, 0.5) is 0 Å². The Morgan fingerprint density at radius 3 is 0.924 bits per heavy atom. The average molecular weight is 1340 g/mol. The Kier molecular flexibility index (Phi) is 63.6.